The number of halogens is 1. The maximum atomic E-state index is 14.0. The molecular formula is C15H17FN2. The first kappa shape index (κ1) is 12.7. The molecule has 2 nitrogen and oxygen atoms in total. The third kappa shape index (κ3) is 2.41. The normalized spacial score (nSPS) is 12.5. The molecule has 0 saturated heterocycles. The molecule has 2 N–H and O–H groups in total. The summed E-state index contributed by atoms with van der Waals surface area (Å²) in [5.41, 5.74) is 10.2. The van der Waals surface area contributed by atoms with E-state index in [2.05, 4.69) is 4.98 Å². The number of benzene rings is 1. The van der Waals surface area contributed by atoms with Crippen LogP contribution in [0.2, 0.25) is 0 Å². The first-order valence-electron chi connectivity index (χ1n) is 5.94. The van der Waals surface area contributed by atoms with Crippen molar-refractivity contribution in [3.8, 4) is 0 Å². The van der Waals surface area contributed by atoms with Crippen molar-refractivity contribution in [2.24, 2.45) is 5.73 Å². The number of aromatic nitrogens is 1. The second-order valence-electron chi connectivity index (χ2n) is 4.71. The summed E-state index contributed by atoms with van der Waals surface area (Å²) in [6.45, 7) is 5.72. The summed E-state index contributed by atoms with van der Waals surface area (Å²) in [6.07, 6.45) is 1.70. The summed E-state index contributed by atoms with van der Waals surface area (Å²) in [5, 5.41) is 0. The van der Waals surface area contributed by atoms with E-state index >= 15 is 0 Å². The standard InChI is InChI=1S/C15H17FN2/c1-9-4-5-18-13(8-9)15(17)14-11(3)6-10(2)7-12(14)16/h4-8,15H,17H2,1-3H3. The molecule has 0 aliphatic rings. The van der Waals surface area contributed by atoms with Gasteiger partial charge in [-0.1, -0.05) is 6.07 Å². The topological polar surface area (TPSA) is 38.9 Å². The van der Waals surface area contributed by atoms with E-state index in [0.29, 0.717) is 11.3 Å². The predicted molar refractivity (Wildman–Crippen MR) is 70.9 cm³/mol. The Morgan fingerprint density at radius 3 is 2.44 bits per heavy atom. The summed E-state index contributed by atoms with van der Waals surface area (Å²) in [6, 6.07) is 6.72. The summed E-state index contributed by atoms with van der Waals surface area (Å²) >= 11 is 0. The Kier molecular flexibility index (Phi) is 3.43. The molecule has 1 unspecified atom stereocenters. The van der Waals surface area contributed by atoms with E-state index in [0.717, 1.165) is 16.7 Å². The van der Waals surface area contributed by atoms with Crippen LogP contribution >= 0.6 is 0 Å². The van der Waals surface area contributed by atoms with Gasteiger partial charge in [0, 0.05) is 11.8 Å². The van der Waals surface area contributed by atoms with Crippen molar-refractivity contribution < 1.29 is 4.39 Å². The Morgan fingerprint density at radius 2 is 1.83 bits per heavy atom. The van der Waals surface area contributed by atoms with Crippen LogP contribution in [-0.4, -0.2) is 4.98 Å². The molecule has 0 aliphatic heterocycles. The zero-order chi connectivity index (χ0) is 13.3. The molecule has 0 fully saturated rings. The van der Waals surface area contributed by atoms with Gasteiger partial charge >= 0.3 is 0 Å². The Balaban J connectivity index is 2.49. The molecule has 0 saturated carbocycles. The third-order valence-electron chi connectivity index (χ3n) is 3.05. The van der Waals surface area contributed by atoms with E-state index in [1.807, 2.05) is 39.0 Å². The molecule has 18 heavy (non-hydrogen) atoms. The maximum absolute atomic E-state index is 14.0. The van der Waals surface area contributed by atoms with Crippen LogP contribution in [0.3, 0.4) is 0 Å². The van der Waals surface area contributed by atoms with Gasteiger partial charge in [-0.2, -0.15) is 0 Å². The lowest BCUT2D eigenvalue weighted by Crippen LogP contribution is -2.17. The molecule has 1 heterocycles. The molecule has 2 rings (SSSR count). The SMILES string of the molecule is Cc1ccnc(C(N)c2c(C)cc(C)cc2F)c1. The zero-order valence-corrected chi connectivity index (χ0v) is 10.9. The van der Waals surface area contributed by atoms with Crippen molar-refractivity contribution in [2.75, 3.05) is 0 Å². The van der Waals surface area contributed by atoms with E-state index in [-0.39, 0.29) is 5.82 Å². The lowest BCUT2D eigenvalue weighted by Gasteiger charge is -2.16. The highest BCUT2D eigenvalue weighted by atomic mass is 19.1. The van der Waals surface area contributed by atoms with Gasteiger partial charge in [-0.25, -0.2) is 4.39 Å². The molecule has 0 aliphatic carbocycles. The molecule has 2 aromatic rings. The first-order valence-corrected chi connectivity index (χ1v) is 5.94. The van der Waals surface area contributed by atoms with Gasteiger partial charge in [0.25, 0.3) is 0 Å². The fourth-order valence-corrected chi connectivity index (χ4v) is 2.20. The maximum Gasteiger partial charge on any atom is 0.128 e. The summed E-state index contributed by atoms with van der Waals surface area (Å²) in [5.74, 6) is -0.261. The molecule has 0 amide bonds. The minimum Gasteiger partial charge on any atom is -0.319 e. The van der Waals surface area contributed by atoms with E-state index < -0.39 is 6.04 Å². The average molecular weight is 244 g/mol. The molecule has 1 atom stereocenters. The van der Waals surface area contributed by atoms with E-state index in [1.165, 1.54) is 6.07 Å². The van der Waals surface area contributed by atoms with Gasteiger partial charge in [0.2, 0.25) is 0 Å². The highest BCUT2D eigenvalue weighted by Crippen LogP contribution is 2.25. The molecule has 94 valence electrons. The molecule has 1 aromatic carbocycles. The number of hydrogen-bond donors (Lipinski definition) is 1. The number of aryl methyl sites for hydroxylation is 3. The van der Waals surface area contributed by atoms with Gasteiger partial charge in [0.1, 0.15) is 5.82 Å². The van der Waals surface area contributed by atoms with Gasteiger partial charge in [0.05, 0.1) is 11.7 Å². The fourth-order valence-electron chi connectivity index (χ4n) is 2.20. The highest BCUT2D eigenvalue weighted by Gasteiger charge is 2.17. The Bertz CT molecular complexity index is 555. The lowest BCUT2D eigenvalue weighted by atomic mass is 9.96. The molecular weight excluding hydrogens is 227 g/mol. The second kappa shape index (κ2) is 4.86. The zero-order valence-electron chi connectivity index (χ0n) is 10.9. The summed E-state index contributed by atoms with van der Waals surface area (Å²) in [4.78, 5) is 4.23. The Morgan fingerprint density at radius 1 is 1.11 bits per heavy atom. The van der Waals surface area contributed by atoms with Gasteiger partial charge in [-0.15, -0.1) is 0 Å². The van der Waals surface area contributed by atoms with Crippen LogP contribution in [0.5, 0.6) is 0 Å². The van der Waals surface area contributed by atoms with Crippen molar-refractivity contribution in [1.82, 2.24) is 4.98 Å². The van der Waals surface area contributed by atoms with Crippen LogP contribution in [0.15, 0.2) is 30.5 Å². The Hall–Kier alpha value is -1.74. The van der Waals surface area contributed by atoms with Crippen molar-refractivity contribution in [2.45, 2.75) is 26.8 Å². The number of hydrogen-bond acceptors (Lipinski definition) is 2. The first-order chi connectivity index (χ1) is 8.49. The number of nitrogens with zero attached hydrogens (tertiary/aromatic N) is 1. The van der Waals surface area contributed by atoms with Crippen LogP contribution < -0.4 is 5.73 Å². The molecule has 0 radical (unpaired) electrons. The van der Waals surface area contributed by atoms with Crippen molar-refractivity contribution in [3.05, 3.63) is 64.2 Å². The van der Waals surface area contributed by atoms with Crippen LogP contribution in [-0.2, 0) is 0 Å². The average Bonchev–Trinajstić information content (AvgIpc) is 2.27. The van der Waals surface area contributed by atoms with Gasteiger partial charge in [-0.05, 0) is 55.7 Å². The quantitative estimate of drug-likeness (QED) is 0.881. The second-order valence-corrected chi connectivity index (χ2v) is 4.71. The predicted octanol–water partition coefficient (Wildman–Crippen LogP) is 3.19. The van der Waals surface area contributed by atoms with Crippen LogP contribution in [0.1, 0.15) is 34.0 Å². The fraction of sp³-hybridized carbons (Fsp3) is 0.267. The minimum atomic E-state index is -0.523. The smallest absolute Gasteiger partial charge is 0.128 e. The number of nitrogens with two attached hydrogens (primary N) is 1. The van der Waals surface area contributed by atoms with Crippen molar-refractivity contribution in [1.29, 1.82) is 0 Å². The third-order valence-corrected chi connectivity index (χ3v) is 3.05. The lowest BCUT2D eigenvalue weighted by molar-refractivity contribution is 0.593. The monoisotopic (exact) mass is 244 g/mol. The van der Waals surface area contributed by atoms with Crippen molar-refractivity contribution >= 4 is 0 Å². The minimum absolute atomic E-state index is 0.261. The van der Waals surface area contributed by atoms with Gasteiger partial charge in [0.15, 0.2) is 0 Å². The van der Waals surface area contributed by atoms with Gasteiger partial charge < -0.3 is 5.73 Å². The number of pyridine rings is 1. The van der Waals surface area contributed by atoms with Crippen LogP contribution in [0.4, 0.5) is 4.39 Å². The van der Waals surface area contributed by atoms with E-state index in [4.69, 9.17) is 5.73 Å². The van der Waals surface area contributed by atoms with Gasteiger partial charge in [-0.3, -0.25) is 4.98 Å². The largest absolute Gasteiger partial charge is 0.319 e. The van der Waals surface area contributed by atoms with Crippen molar-refractivity contribution in [3.63, 3.8) is 0 Å². The molecule has 0 bridgehead atoms. The van der Waals surface area contributed by atoms with E-state index in [9.17, 15) is 4.39 Å². The molecule has 3 heteroatoms. The summed E-state index contributed by atoms with van der Waals surface area (Å²) in [7, 11) is 0. The summed E-state index contributed by atoms with van der Waals surface area (Å²) < 4.78 is 14.0. The van der Waals surface area contributed by atoms with Crippen LogP contribution in [0, 0.1) is 26.6 Å². The van der Waals surface area contributed by atoms with Crippen LogP contribution in [0.25, 0.3) is 0 Å². The Labute approximate surface area is 107 Å². The van der Waals surface area contributed by atoms with E-state index in [1.54, 1.807) is 6.20 Å². The molecule has 1 aromatic heterocycles. The number of rotatable bonds is 2. The molecule has 0 spiro atoms. The highest BCUT2D eigenvalue weighted by molar-refractivity contribution is 5.38.